The fraction of sp³-hybridized carbons (Fsp3) is 0.0769. The van der Waals surface area contributed by atoms with Crippen molar-refractivity contribution >= 4 is 21.6 Å². The quantitative estimate of drug-likeness (QED) is 0.683. The first-order chi connectivity index (χ1) is 8.78. The number of methoxy groups -OCH3 is 1. The van der Waals surface area contributed by atoms with Crippen molar-refractivity contribution in [3.63, 3.8) is 0 Å². The molecule has 0 aliphatic rings. The maximum absolute atomic E-state index is 5.23. The lowest BCUT2D eigenvalue weighted by Crippen LogP contribution is -1.92. The number of halogens is 1. The van der Waals surface area contributed by atoms with Gasteiger partial charge in [-0.3, -0.25) is 4.40 Å². The monoisotopic (exact) mass is 303 g/mol. The van der Waals surface area contributed by atoms with Gasteiger partial charge in [-0.05, 0) is 40.2 Å². The highest BCUT2D eigenvalue weighted by molar-refractivity contribution is 9.10. The Kier molecular flexibility index (Phi) is 2.76. The van der Waals surface area contributed by atoms with Gasteiger partial charge in [0.1, 0.15) is 16.0 Å². The second kappa shape index (κ2) is 4.42. The fourth-order valence-electron chi connectivity index (χ4n) is 1.82. The molecular weight excluding hydrogens is 294 g/mol. The van der Waals surface area contributed by atoms with Crippen LogP contribution >= 0.6 is 15.9 Å². The lowest BCUT2D eigenvalue weighted by molar-refractivity contribution is 0.412. The average Bonchev–Trinajstić information content (AvgIpc) is 2.81. The zero-order valence-electron chi connectivity index (χ0n) is 9.67. The lowest BCUT2D eigenvalue weighted by atomic mass is 10.3. The molecule has 0 spiro atoms. The topological polar surface area (TPSA) is 39.4 Å². The van der Waals surface area contributed by atoms with E-state index < -0.39 is 0 Å². The van der Waals surface area contributed by atoms with Gasteiger partial charge in [0.15, 0.2) is 0 Å². The highest BCUT2D eigenvalue weighted by Crippen LogP contribution is 2.22. The predicted octanol–water partition coefficient (Wildman–Crippen LogP) is 3.17. The molecule has 0 saturated carbocycles. The van der Waals surface area contributed by atoms with Crippen LogP contribution in [0.25, 0.3) is 17.0 Å². The zero-order valence-corrected chi connectivity index (χ0v) is 11.3. The van der Waals surface area contributed by atoms with Crippen molar-refractivity contribution < 1.29 is 4.74 Å². The molecule has 90 valence electrons. The number of aromatic nitrogens is 3. The van der Waals surface area contributed by atoms with Gasteiger partial charge in [0.05, 0.1) is 30.9 Å². The summed E-state index contributed by atoms with van der Waals surface area (Å²) >= 11 is 3.37. The third-order valence-corrected chi connectivity index (χ3v) is 3.13. The Morgan fingerprint density at radius 1 is 1.22 bits per heavy atom. The summed E-state index contributed by atoms with van der Waals surface area (Å²) in [4.78, 5) is 8.79. The van der Waals surface area contributed by atoms with Crippen LogP contribution in [0.5, 0.6) is 5.75 Å². The number of fused-ring (bicyclic) bond motifs is 1. The summed E-state index contributed by atoms with van der Waals surface area (Å²) in [7, 11) is 1.65. The smallest absolute Gasteiger partial charge is 0.137 e. The molecule has 0 saturated heterocycles. The molecule has 0 unspecified atom stereocenters. The summed E-state index contributed by atoms with van der Waals surface area (Å²) in [6, 6.07) is 9.60. The molecular formula is C13H10BrN3O. The maximum Gasteiger partial charge on any atom is 0.137 e. The Balaban J connectivity index is 2.22. The molecule has 0 bridgehead atoms. The Morgan fingerprint density at radius 3 is 2.89 bits per heavy atom. The first-order valence-corrected chi connectivity index (χ1v) is 6.21. The molecule has 0 atom stereocenters. The highest BCUT2D eigenvalue weighted by Gasteiger charge is 2.08. The van der Waals surface area contributed by atoms with Gasteiger partial charge in [-0.25, -0.2) is 9.97 Å². The van der Waals surface area contributed by atoms with Crippen LogP contribution in [0.4, 0.5) is 0 Å². The number of rotatable bonds is 2. The molecule has 0 aliphatic carbocycles. The molecule has 3 aromatic rings. The Bertz CT molecular complexity index is 708. The Labute approximate surface area is 112 Å². The van der Waals surface area contributed by atoms with Gasteiger partial charge >= 0.3 is 0 Å². The molecule has 0 amide bonds. The molecule has 0 N–H and O–H groups in total. The number of imidazole rings is 1. The minimum atomic E-state index is 0.789. The van der Waals surface area contributed by atoms with Crippen molar-refractivity contribution in [2.75, 3.05) is 7.11 Å². The van der Waals surface area contributed by atoms with Crippen molar-refractivity contribution in [1.29, 1.82) is 0 Å². The van der Waals surface area contributed by atoms with Crippen LogP contribution in [0.3, 0.4) is 0 Å². The van der Waals surface area contributed by atoms with Crippen molar-refractivity contribution in [3.05, 3.63) is 47.3 Å². The molecule has 3 heterocycles. The Morgan fingerprint density at radius 2 is 2.11 bits per heavy atom. The van der Waals surface area contributed by atoms with Gasteiger partial charge in [-0.2, -0.15) is 0 Å². The van der Waals surface area contributed by atoms with E-state index in [9.17, 15) is 0 Å². The normalized spacial score (nSPS) is 10.8. The molecule has 0 aliphatic heterocycles. The van der Waals surface area contributed by atoms with Crippen LogP contribution in [0.1, 0.15) is 0 Å². The van der Waals surface area contributed by atoms with Crippen LogP contribution in [0.2, 0.25) is 0 Å². The zero-order chi connectivity index (χ0) is 12.5. The number of pyridine rings is 2. The van der Waals surface area contributed by atoms with E-state index in [-0.39, 0.29) is 0 Å². The Hall–Kier alpha value is -1.88. The molecule has 3 rings (SSSR count). The van der Waals surface area contributed by atoms with E-state index in [0.717, 1.165) is 27.4 Å². The van der Waals surface area contributed by atoms with E-state index >= 15 is 0 Å². The van der Waals surface area contributed by atoms with Gasteiger partial charge in [0.25, 0.3) is 0 Å². The molecule has 3 aromatic heterocycles. The number of ether oxygens (including phenoxy) is 1. The first kappa shape index (κ1) is 11.2. The minimum Gasteiger partial charge on any atom is -0.495 e. The summed E-state index contributed by atoms with van der Waals surface area (Å²) in [5.74, 6) is 0.789. The fourth-order valence-corrected chi connectivity index (χ4v) is 2.17. The van der Waals surface area contributed by atoms with E-state index in [1.54, 1.807) is 7.11 Å². The molecule has 18 heavy (non-hydrogen) atoms. The van der Waals surface area contributed by atoms with Crippen LogP contribution in [0, 0.1) is 0 Å². The van der Waals surface area contributed by atoms with Crippen LogP contribution < -0.4 is 4.74 Å². The van der Waals surface area contributed by atoms with Gasteiger partial charge < -0.3 is 4.74 Å². The van der Waals surface area contributed by atoms with Crippen LogP contribution in [-0.2, 0) is 0 Å². The molecule has 5 heteroatoms. The third-order valence-electron chi connectivity index (χ3n) is 2.69. The van der Waals surface area contributed by atoms with Crippen molar-refractivity contribution in [1.82, 2.24) is 14.4 Å². The van der Waals surface area contributed by atoms with Gasteiger partial charge in [0.2, 0.25) is 0 Å². The summed E-state index contributed by atoms with van der Waals surface area (Å²) in [5.41, 5.74) is 2.67. The number of hydrogen-bond acceptors (Lipinski definition) is 3. The SMILES string of the molecule is COc1ccc2ncc(-c3cccc(Br)n3)n2c1. The van der Waals surface area contributed by atoms with Crippen LogP contribution in [-0.4, -0.2) is 21.5 Å². The van der Waals surface area contributed by atoms with Gasteiger partial charge in [-0.15, -0.1) is 0 Å². The van der Waals surface area contributed by atoms with Crippen molar-refractivity contribution in [2.24, 2.45) is 0 Å². The van der Waals surface area contributed by atoms with Crippen molar-refractivity contribution in [3.8, 4) is 17.1 Å². The highest BCUT2D eigenvalue weighted by atomic mass is 79.9. The van der Waals surface area contributed by atoms with Crippen molar-refractivity contribution in [2.45, 2.75) is 0 Å². The summed E-state index contributed by atoms with van der Waals surface area (Å²) in [6.07, 6.45) is 3.71. The van der Waals surface area contributed by atoms with Gasteiger partial charge in [0, 0.05) is 0 Å². The van der Waals surface area contributed by atoms with Gasteiger partial charge in [-0.1, -0.05) is 6.07 Å². The van der Waals surface area contributed by atoms with E-state index in [4.69, 9.17) is 4.74 Å². The number of hydrogen-bond donors (Lipinski definition) is 0. The second-order valence-electron chi connectivity index (χ2n) is 3.79. The van der Waals surface area contributed by atoms with E-state index in [1.807, 2.05) is 47.1 Å². The standard InChI is InChI=1S/C13H10BrN3O/c1-18-9-5-6-13-15-7-11(17(13)8-9)10-3-2-4-12(14)16-10/h2-8H,1H3. The first-order valence-electron chi connectivity index (χ1n) is 5.42. The molecule has 0 fully saturated rings. The summed E-state index contributed by atoms with van der Waals surface area (Å²) in [6.45, 7) is 0. The van der Waals surface area contributed by atoms with E-state index in [2.05, 4.69) is 25.9 Å². The van der Waals surface area contributed by atoms with E-state index in [1.165, 1.54) is 0 Å². The molecule has 0 radical (unpaired) electrons. The average molecular weight is 304 g/mol. The third kappa shape index (κ3) is 1.86. The second-order valence-corrected chi connectivity index (χ2v) is 4.60. The minimum absolute atomic E-state index is 0.789. The van der Waals surface area contributed by atoms with E-state index in [0.29, 0.717) is 0 Å². The molecule has 0 aromatic carbocycles. The molecule has 4 nitrogen and oxygen atoms in total. The maximum atomic E-state index is 5.23. The lowest BCUT2D eigenvalue weighted by Gasteiger charge is -2.04. The summed E-state index contributed by atoms with van der Waals surface area (Å²) in [5, 5.41) is 0. The van der Waals surface area contributed by atoms with Crippen LogP contribution in [0.15, 0.2) is 47.3 Å². The largest absolute Gasteiger partial charge is 0.495 e. The predicted molar refractivity (Wildman–Crippen MR) is 72.7 cm³/mol. The number of nitrogens with zero attached hydrogens (tertiary/aromatic N) is 3. The summed E-state index contributed by atoms with van der Waals surface area (Å²) < 4.78 is 8.00.